The second-order valence-corrected chi connectivity index (χ2v) is 9.70. The number of amides is 1. The smallest absolute Gasteiger partial charge is 0.257 e. The van der Waals surface area contributed by atoms with E-state index in [0.717, 1.165) is 67.9 Å². The Labute approximate surface area is 205 Å². The zero-order valence-corrected chi connectivity index (χ0v) is 20.1. The van der Waals surface area contributed by atoms with Crippen LogP contribution in [0.15, 0.2) is 48.7 Å². The van der Waals surface area contributed by atoms with Crippen LogP contribution in [0.1, 0.15) is 57.9 Å². The summed E-state index contributed by atoms with van der Waals surface area (Å²) in [7, 11) is 0. The van der Waals surface area contributed by atoms with E-state index in [2.05, 4.69) is 16.1 Å². The molecule has 7 heteroatoms. The van der Waals surface area contributed by atoms with Crippen molar-refractivity contribution in [2.45, 2.75) is 38.6 Å². The lowest BCUT2D eigenvalue weighted by atomic mass is 10.1. The Morgan fingerprint density at radius 2 is 1.91 bits per heavy atom. The monoisotopic (exact) mass is 473 g/mol. The molecule has 1 aliphatic heterocycles. The summed E-state index contributed by atoms with van der Waals surface area (Å²) in [6.07, 6.45) is 4.85. The third-order valence-corrected chi connectivity index (χ3v) is 7.17. The zero-order chi connectivity index (χ0) is 23.7. The number of carbonyl (C=O) groups is 1. The molecule has 2 heterocycles. The van der Waals surface area contributed by atoms with Gasteiger partial charge in [0.25, 0.3) is 5.91 Å². The van der Waals surface area contributed by atoms with Crippen molar-refractivity contribution in [3.63, 3.8) is 0 Å². The van der Waals surface area contributed by atoms with Crippen LogP contribution in [0.25, 0.3) is 5.69 Å². The molecule has 2 aliphatic rings. The average molecular weight is 474 g/mol. The number of rotatable bonds is 5. The van der Waals surface area contributed by atoms with Crippen molar-refractivity contribution < 1.29 is 4.79 Å². The van der Waals surface area contributed by atoms with Gasteiger partial charge in [0, 0.05) is 43.7 Å². The molecule has 2 aromatic carbocycles. The van der Waals surface area contributed by atoms with E-state index in [9.17, 15) is 4.79 Å². The van der Waals surface area contributed by atoms with Gasteiger partial charge in [0.2, 0.25) is 0 Å². The number of halogens is 1. The Kier molecular flexibility index (Phi) is 6.40. The minimum Gasteiger partial charge on any atom is -0.337 e. The summed E-state index contributed by atoms with van der Waals surface area (Å²) >= 11 is 6.37. The standard InChI is InChI=1S/C27H28ClN5O/c1-19-3-10-23(15-25(19)28)33-26(22-8-9-22)24(17-30-33)27(34)32-12-2-11-31(13-14-32)18-21-6-4-20(16-29)5-7-21/h3-7,10,15,17,22H,2,8-9,11-14,18H2,1H3. The summed E-state index contributed by atoms with van der Waals surface area (Å²) in [6.45, 7) is 6.02. The van der Waals surface area contributed by atoms with Crippen molar-refractivity contribution >= 4 is 17.5 Å². The fourth-order valence-corrected chi connectivity index (χ4v) is 4.81. The average Bonchev–Trinajstić information content (AvgIpc) is 3.64. The number of hydrogen-bond acceptors (Lipinski definition) is 4. The summed E-state index contributed by atoms with van der Waals surface area (Å²) in [5.41, 5.74) is 5.53. The van der Waals surface area contributed by atoms with Gasteiger partial charge in [-0.1, -0.05) is 29.8 Å². The van der Waals surface area contributed by atoms with Gasteiger partial charge in [0.05, 0.1) is 34.8 Å². The summed E-state index contributed by atoms with van der Waals surface area (Å²) in [4.78, 5) is 18.0. The minimum absolute atomic E-state index is 0.0755. The van der Waals surface area contributed by atoms with Crippen LogP contribution in [0, 0.1) is 18.3 Å². The molecule has 0 bridgehead atoms. The van der Waals surface area contributed by atoms with Gasteiger partial charge in [-0.05, 0) is 61.6 Å². The normalized spacial score (nSPS) is 16.8. The third-order valence-electron chi connectivity index (χ3n) is 6.77. The molecule has 0 N–H and O–H groups in total. The Morgan fingerprint density at radius 3 is 2.62 bits per heavy atom. The van der Waals surface area contributed by atoms with Gasteiger partial charge in [0.15, 0.2) is 0 Å². The van der Waals surface area contributed by atoms with E-state index < -0.39 is 0 Å². The Bertz CT molecular complexity index is 1240. The Hall–Kier alpha value is -3.14. The molecule has 1 aromatic heterocycles. The minimum atomic E-state index is 0.0755. The summed E-state index contributed by atoms with van der Waals surface area (Å²) in [6, 6.07) is 15.9. The van der Waals surface area contributed by atoms with Gasteiger partial charge in [-0.15, -0.1) is 0 Å². The number of aromatic nitrogens is 2. The van der Waals surface area contributed by atoms with Crippen molar-refractivity contribution in [3.8, 4) is 11.8 Å². The van der Waals surface area contributed by atoms with Crippen LogP contribution in [0.5, 0.6) is 0 Å². The molecular weight excluding hydrogens is 446 g/mol. The molecule has 6 nitrogen and oxygen atoms in total. The number of nitriles is 1. The van der Waals surface area contributed by atoms with Gasteiger partial charge >= 0.3 is 0 Å². The highest BCUT2D eigenvalue weighted by Gasteiger charge is 2.34. The van der Waals surface area contributed by atoms with Gasteiger partial charge in [-0.25, -0.2) is 4.68 Å². The molecule has 3 aromatic rings. The molecule has 174 valence electrons. The summed E-state index contributed by atoms with van der Waals surface area (Å²) < 4.78 is 1.91. The van der Waals surface area contributed by atoms with Crippen molar-refractivity contribution in [1.29, 1.82) is 5.26 Å². The molecule has 2 fully saturated rings. The van der Waals surface area contributed by atoms with Crippen LogP contribution < -0.4 is 0 Å². The lowest BCUT2D eigenvalue weighted by Gasteiger charge is -2.22. The predicted octanol–water partition coefficient (Wildman–Crippen LogP) is 4.93. The first-order valence-corrected chi connectivity index (χ1v) is 12.3. The molecule has 1 saturated carbocycles. The van der Waals surface area contributed by atoms with E-state index in [-0.39, 0.29) is 5.91 Å². The van der Waals surface area contributed by atoms with Crippen LogP contribution in [-0.4, -0.2) is 51.7 Å². The predicted molar refractivity (Wildman–Crippen MR) is 132 cm³/mol. The van der Waals surface area contributed by atoms with Crippen LogP contribution in [-0.2, 0) is 6.54 Å². The fraction of sp³-hybridized carbons (Fsp3) is 0.370. The molecule has 1 amide bonds. The van der Waals surface area contributed by atoms with Crippen molar-refractivity contribution in [1.82, 2.24) is 19.6 Å². The highest BCUT2D eigenvalue weighted by atomic mass is 35.5. The maximum atomic E-state index is 13.6. The van der Waals surface area contributed by atoms with Crippen molar-refractivity contribution in [2.75, 3.05) is 26.2 Å². The van der Waals surface area contributed by atoms with Crippen LogP contribution >= 0.6 is 11.6 Å². The van der Waals surface area contributed by atoms with E-state index in [4.69, 9.17) is 16.9 Å². The van der Waals surface area contributed by atoms with E-state index in [1.165, 1.54) is 5.56 Å². The number of carbonyl (C=O) groups excluding carboxylic acids is 1. The molecular formula is C27H28ClN5O. The number of aryl methyl sites for hydroxylation is 1. The van der Waals surface area contributed by atoms with E-state index in [1.807, 2.05) is 59.0 Å². The molecule has 1 saturated heterocycles. The second-order valence-electron chi connectivity index (χ2n) is 9.29. The Balaban J connectivity index is 1.31. The van der Waals surface area contributed by atoms with Crippen molar-refractivity contribution in [2.24, 2.45) is 0 Å². The highest BCUT2D eigenvalue weighted by molar-refractivity contribution is 6.31. The lowest BCUT2D eigenvalue weighted by Crippen LogP contribution is -2.35. The van der Waals surface area contributed by atoms with Gasteiger partial charge in [-0.3, -0.25) is 9.69 Å². The van der Waals surface area contributed by atoms with Crippen LogP contribution in [0.2, 0.25) is 5.02 Å². The lowest BCUT2D eigenvalue weighted by molar-refractivity contribution is 0.0760. The first-order chi connectivity index (χ1) is 16.5. The van der Waals surface area contributed by atoms with Gasteiger partial charge in [-0.2, -0.15) is 10.4 Å². The van der Waals surface area contributed by atoms with E-state index in [1.54, 1.807) is 6.20 Å². The quantitative estimate of drug-likeness (QED) is 0.527. The van der Waals surface area contributed by atoms with E-state index >= 15 is 0 Å². The molecule has 0 atom stereocenters. The SMILES string of the molecule is Cc1ccc(-n2ncc(C(=O)N3CCCN(Cc4ccc(C#N)cc4)CC3)c2C2CC2)cc1Cl. The van der Waals surface area contributed by atoms with Gasteiger partial charge < -0.3 is 4.90 Å². The molecule has 0 unspecified atom stereocenters. The molecule has 5 rings (SSSR count). The second kappa shape index (κ2) is 9.61. The topological polar surface area (TPSA) is 65.2 Å². The van der Waals surface area contributed by atoms with Crippen LogP contribution in [0.3, 0.4) is 0 Å². The molecule has 1 aliphatic carbocycles. The van der Waals surface area contributed by atoms with Crippen molar-refractivity contribution in [3.05, 3.63) is 81.6 Å². The number of benzene rings is 2. The largest absolute Gasteiger partial charge is 0.337 e. The first kappa shape index (κ1) is 22.6. The zero-order valence-electron chi connectivity index (χ0n) is 19.4. The highest BCUT2D eigenvalue weighted by Crippen LogP contribution is 2.43. The fourth-order valence-electron chi connectivity index (χ4n) is 4.64. The maximum Gasteiger partial charge on any atom is 0.257 e. The Morgan fingerprint density at radius 1 is 1.12 bits per heavy atom. The third kappa shape index (κ3) is 4.72. The molecule has 0 radical (unpaired) electrons. The summed E-state index contributed by atoms with van der Waals surface area (Å²) in [5.74, 6) is 0.452. The van der Waals surface area contributed by atoms with Gasteiger partial charge in [0.1, 0.15) is 0 Å². The van der Waals surface area contributed by atoms with Crippen LogP contribution in [0.4, 0.5) is 0 Å². The number of nitrogens with zero attached hydrogens (tertiary/aromatic N) is 5. The maximum absolute atomic E-state index is 13.6. The first-order valence-electron chi connectivity index (χ1n) is 11.9. The number of hydrogen-bond donors (Lipinski definition) is 0. The molecule has 0 spiro atoms. The van der Waals surface area contributed by atoms with E-state index in [0.29, 0.717) is 23.0 Å². The molecule has 34 heavy (non-hydrogen) atoms. The summed E-state index contributed by atoms with van der Waals surface area (Å²) in [5, 5.41) is 14.3.